The molecule has 21 heavy (non-hydrogen) atoms. The first kappa shape index (κ1) is 13.8. The number of nitrogens with zero attached hydrogens (tertiary/aromatic N) is 1. The van der Waals surface area contributed by atoms with Gasteiger partial charge in [-0.2, -0.15) is 13.1 Å². The third-order valence-electron chi connectivity index (χ3n) is 3.38. The zero-order valence-corrected chi connectivity index (χ0v) is 12.0. The Labute approximate surface area is 123 Å². The van der Waals surface area contributed by atoms with Gasteiger partial charge >= 0.3 is 10.2 Å². The molecule has 1 aliphatic heterocycles. The summed E-state index contributed by atoms with van der Waals surface area (Å²) < 4.78 is 27.7. The quantitative estimate of drug-likeness (QED) is 0.918. The molecule has 5 nitrogen and oxygen atoms in total. The minimum Gasteiger partial charge on any atom is -0.268 e. The van der Waals surface area contributed by atoms with E-state index in [0.717, 1.165) is 9.87 Å². The molecule has 1 heterocycles. The zero-order valence-electron chi connectivity index (χ0n) is 11.1. The second-order valence-corrected chi connectivity index (χ2v) is 6.42. The van der Waals surface area contributed by atoms with Gasteiger partial charge in [0.1, 0.15) is 0 Å². The summed E-state index contributed by atoms with van der Waals surface area (Å²) in [5, 5.41) is 0. The lowest BCUT2D eigenvalue weighted by molar-refractivity contribution is 0.0867. The van der Waals surface area contributed by atoms with E-state index in [4.69, 9.17) is 0 Å². The van der Waals surface area contributed by atoms with Crippen molar-refractivity contribution in [3.05, 3.63) is 71.8 Å². The summed E-state index contributed by atoms with van der Waals surface area (Å²) in [6.07, 6.45) is 0. The van der Waals surface area contributed by atoms with E-state index in [0.29, 0.717) is 5.56 Å². The van der Waals surface area contributed by atoms with Crippen molar-refractivity contribution < 1.29 is 13.2 Å². The van der Waals surface area contributed by atoms with Crippen LogP contribution in [-0.2, 0) is 10.2 Å². The normalized spacial score (nSPS) is 20.4. The second kappa shape index (κ2) is 5.31. The molecule has 0 saturated carbocycles. The lowest BCUT2D eigenvalue weighted by Crippen LogP contribution is -2.35. The van der Waals surface area contributed by atoms with Gasteiger partial charge in [0.25, 0.3) is 5.91 Å². The van der Waals surface area contributed by atoms with E-state index >= 15 is 0 Å². The fraction of sp³-hybridized carbons (Fsp3) is 0.133. The maximum atomic E-state index is 12.3. The average Bonchev–Trinajstić information content (AvgIpc) is 2.84. The number of amides is 1. The average molecular weight is 302 g/mol. The van der Waals surface area contributed by atoms with E-state index in [9.17, 15) is 13.2 Å². The molecule has 0 spiro atoms. The molecule has 0 aromatic heterocycles. The first-order chi connectivity index (χ1) is 10.1. The first-order valence-electron chi connectivity index (χ1n) is 6.52. The standard InChI is InChI=1S/C15H14N2O3S/c18-15(13-9-5-2-6-10-13)17-11-14(16-21(17,19)20)12-7-3-1-4-8-12/h1-10,14,16H,11H2/t14-/m1/s1. The summed E-state index contributed by atoms with van der Waals surface area (Å²) in [5.74, 6) is -0.512. The molecule has 0 unspecified atom stereocenters. The van der Waals surface area contributed by atoms with Crippen LogP contribution in [0.5, 0.6) is 0 Å². The number of nitrogens with one attached hydrogen (secondary N) is 1. The number of rotatable bonds is 2. The van der Waals surface area contributed by atoms with Gasteiger partial charge < -0.3 is 0 Å². The molecular weight excluding hydrogens is 288 g/mol. The molecule has 2 aromatic rings. The van der Waals surface area contributed by atoms with E-state index in [1.807, 2.05) is 30.3 Å². The minimum atomic E-state index is -3.80. The van der Waals surface area contributed by atoms with Crippen LogP contribution >= 0.6 is 0 Å². The first-order valence-corrected chi connectivity index (χ1v) is 7.96. The molecule has 0 aliphatic carbocycles. The number of carbonyl (C=O) groups is 1. The Kier molecular flexibility index (Phi) is 3.48. The minimum absolute atomic E-state index is 0.0973. The molecule has 1 saturated heterocycles. The zero-order chi connectivity index (χ0) is 14.9. The Hall–Kier alpha value is -2.18. The molecule has 1 aliphatic rings. The van der Waals surface area contributed by atoms with Crippen molar-refractivity contribution in [1.29, 1.82) is 0 Å². The number of benzene rings is 2. The molecule has 0 radical (unpaired) electrons. The van der Waals surface area contributed by atoms with Crippen molar-refractivity contribution in [3.8, 4) is 0 Å². The summed E-state index contributed by atoms with van der Waals surface area (Å²) in [6.45, 7) is 0.0973. The number of hydrogen-bond donors (Lipinski definition) is 1. The van der Waals surface area contributed by atoms with Gasteiger partial charge in [-0.15, -0.1) is 0 Å². The Morgan fingerprint density at radius 2 is 1.57 bits per heavy atom. The highest BCUT2D eigenvalue weighted by Crippen LogP contribution is 2.25. The molecule has 1 atom stereocenters. The van der Waals surface area contributed by atoms with Crippen molar-refractivity contribution >= 4 is 16.1 Å². The fourth-order valence-electron chi connectivity index (χ4n) is 2.32. The monoisotopic (exact) mass is 302 g/mol. The molecule has 108 valence electrons. The molecule has 1 N–H and O–H groups in total. The third-order valence-corrected chi connectivity index (χ3v) is 4.86. The van der Waals surface area contributed by atoms with Gasteiger partial charge in [-0.25, -0.2) is 4.31 Å². The molecule has 1 amide bonds. The molecule has 0 bridgehead atoms. The highest BCUT2D eigenvalue weighted by atomic mass is 32.2. The summed E-state index contributed by atoms with van der Waals surface area (Å²) in [7, 11) is -3.80. The number of carbonyl (C=O) groups excluding carboxylic acids is 1. The third kappa shape index (κ3) is 2.68. The van der Waals surface area contributed by atoms with Crippen molar-refractivity contribution in [3.63, 3.8) is 0 Å². The van der Waals surface area contributed by atoms with Gasteiger partial charge in [-0.1, -0.05) is 48.5 Å². The van der Waals surface area contributed by atoms with Crippen LogP contribution in [0.4, 0.5) is 0 Å². The van der Waals surface area contributed by atoms with Crippen molar-refractivity contribution in [2.45, 2.75) is 6.04 Å². The van der Waals surface area contributed by atoms with Crippen LogP contribution in [0.15, 0.2) is 60.7 Å². The van der Waals surface area contributed by atoms with Crippen LogP contribution in [0, 0.1) is 0 Å². The highest BCUT2D eigenvalue weighted by molar-refractivity contribution is 7.88. The summed E-state index contributed by atoms with van der Waals surface area (Å²) >= 11 is 0. The van der Waals surface area contributed by atoms with E-state index in [1.165, 1.54) is 0 Å². The molecule has 3 rings (SSSR count). The fourth-order valence-corrected chi connectivity index (χ4v) is 3.69. The van der Waals surface area contributed by atoms with Crippen molar-refractivity contribution in [2.24, 2.45) is 0 Å². The van der Waals surface area contributed by atoms with Crippen LogP contribution in [-0.4, -0.2) is 25.2 Å². The molecule has 1 fully saturated rings. The summed E-state index contributed by atoms with van der Waals surface area (Å²) in [4.78, 5) is 12.3. The van der Waals surface area contributed by atoms with Gasteiger partial charge in [0.15, 0.2) is 0 Å². The molecular formula is C15H14N2O3S. The Bertz CT molecular complexity index is 745. The largest absolute Gasteiger partial charge is 0.304 e. The smallest absolute Gasteiger partial charge is 0.268 e. The predicted molar refractivity (Wildman–Crippen MR) is 78.7 cm³/mol. The molecule has 6 heteroatoms. The van der Waals surface area contributed by atoms with Gasteiger partial charge in [-0.05, 0) is 17.7 Å². The van der Waals surface area contributed by atoms with Gasteiger partial charge in [0.05, 0.1) is 12.6 Å². The van der Waals surface area contributed by atoms with Gasteiger partial charge in [-0.3, -0.25) is 4.79 Å². The maximum absolute atomic E-state index is 12.3. The van der Waals surface area contributed by atoms with E-state index in [1.54, 1.807) is 30.3 Å². The summed E-state index contributed by atoms with van der Waals surface area (Å²) in [5.41, 5.74) is 1.20. The van der Waals surface area contributed by atoms with Crippen LogP contribution in [0.3, 0.4) is 0 Å². The highest BCUT2D eigenvalue weighted by Gasteiger charge is 2.39. The van der Waals surface area contributed by atoms with Crippen LogP contribution in [0.1, 0.15) is 22.0 Å². The van der Waals surface area contributed by atoms with E-state index < -0.39 is 22.2 Å². The van der Waals surface area contributed by atoms with Gasteiger partial charge in [0.2, 0.25) is 0 Å². The lowest BCUT2D eigenvalue weighted by atomic mass is 10.1. The molecule has 2 aromatic carbocycles. The Balaban J connectivity index is 1.89. The van der Waals surface area contributed by atoms with E-state index in [-0.39, 0.29) is 6.54 Å². The predicted octanol–water partition coefficient (Wildman–Crippen LogP) is 1.72. The summed E-state index contributed by atoms with van der Waals surface area (Å²) in [6, 6.07) is 17.2. The second-order valence-electron chi connectivity index (χ2n) is 4.79. The maximum Gasteiger partial charge on any atom is 0.304 e. The van der Waals surface area contributed by atoms with E-state index in [2.05, 4.69) is 4.72 Å². The lowest BCUT2D eigenvalue weighted by Gasteiger charge is -2.13. The van der Waals surface area contributed by atoms with Crippen molar-refractivity contribution in [1.82, 2.24) is 9.03 Å². The number of hydrogen-bond acceptors (Lipinski definition) is 3. The Morgan fingerprint density at radius 3 is 2.19 bits per heavy atom. The van der Waals surface area contributed by atoms with Crippen LogP contribution < -0.4 is 4.72 Å². The van der Waals surface area contributed by atoms with Gasteiger partial charge in [0, 0.05) is 5.56 Å². The Morgan fingerprint density at radius 1 is 1.00 bits per heavy atom. The van der Waals surface area contributed by atoms with Crippen molar-refractivity contribution in [2.75, 3.05) is 6.54 Å². The topological polar surface area (TPSA) is 66.5 Å². The van der Waals surface area contributed by atoms with Crippen LogP contribution in [0.25, 0.3) is 0 Å². The SMILES string of the molecule is O=C(c1ccccc1)N1C[C@H](c2ccccc2)NS1(=O)=O. The van der Waals surface area contributed by atoms with Crippen LogP contribution in [0.2, 0.25) is 0 Å².